The van der Waals surface area contributed by atoms with Gasteiger partial charge in [-0.3, -0.25) is 0 Å². The lowest BCUT2D eigenvalue weighted by atomic mass is 9.84. The summed E-state index contributed by atoms with van der Waals surface area (Å²) in [6, 6.07) is 12.1. The SMILES string of the molecule is COc1ccc(C(C)(N=O)c2cc(-c3ncnc4cc(N5CCOCC5)ccc34)c(F)cc2C)nn1. The summed E-state index contributed by atoms with van der Waals surface area (Å²) in [5.74, 6) is -0.144. The van der Waals surface area contributed by atoms with Gasteiger partial charge >= 0.3 is 0 Å². The largest absolute Gasteiger partial charge is 0.480 e. The van der Waals surface area contributed by atoms with Crippen LogP contribution in [-0.4, -0.2) is 53.6 Å². The Labute approximate surface area is 207 Å². The molecule has 1 saturated heterocycles. The summed E-state index contributed by atoms with van der Waals surface area (Å²) in [4.78, 5) is 23.3. The van der Waals surface area contributed by atoms with Crippen LogP contribution < -0.4 is 9.64 Å². The lowest BCUT2D eigenvalue weighted by Gasteiger charge is -2.29. The van der Waals surface area contributed by atoms with Crippen molar-refractivity contribution >= 4 is 16.6 Å². The Bertz CT molecular complexity index is 1430. The number of halogens is 1. The number of anilines is 1. The van der Waals surface area contributed by atoms with Crippen molar-refractivity contribution in [2.45, 2.75) is 19.4 Å². The highest BCUT2D eigenvalue weighted by Gasteiger charge is 2.35. The van der Waals surface area contributed by atoms with Crippen LogP contribution in [0.3, 0.4) is 0 Å². The topological polar surface area (TPSA) is 103 Å². The van der Waals surface area contributed by atoms with Gasteiger partial charge in [0.15, 0.2) is 5.54 Å². The molecule has 10 heteroatoms. The maximum absolute atomic E-state index is 15.4. The molecule has 0 radical (unpaired) electrons. The van der Waals surface area contributed by atoms with E-state index in [1.54, 1.807) is 32.0 Å². The summed E-state index contributed by atoms with van der Waals surface area (Å²) in [7, 11) is 1.48. The first-order valence-electron chi connectivity index (χ1n) is 11.6. The van der Waals surface area contributed by atoms with Gasteiger partial charge in [-0.05, 0) is 61.4 Å². The average Bonchev–Trinajstić information content (AvgIpc) is 2.92. The second kappa shape index (κ2) is 9.54. The van der Waals surface area contributed by atoms with E-state index in [4.69, 9.17) is 9.47 Å². The van der Waals surface area contributed by atoms with Gasteiger partial charge in [0, 0.05) is 35.8 Å². The fourth-order valence-corrected chi connectivity index (χ4v) is 4.58. The summed E-state index contributed by atoms with van der Waals surface area (Å²) in [5.41, 5.74) is 2.38. The molecule has 0 N–H and O–H groups in total. The van der Waals surface area contributed by atoms with E-state index in [0.29, 0.717) is 52.5 Å². The quantitative estimate of drug-likeness (QED) is 0.368. The number of morpholine rings is 1. The molecule has 0 spiro atoms. The lowest BCUT2D eigenvalue weighted by molar-refractivity contribution is 0.122. The van der Waals surface area contributed by atoms with Crippen LogP contribution in [0, 0.1) is 17.6 Å². The number of methoxy groups -OCH3 is 1. The van der Waals surface area contributed by atoms with Crippen LogP contribution >= 0.6 is 0 Å². The van der Waals surface area contributed by atoms with E-state index >= 15 is 4.39 Å². The van der Waals surface area contributed by atoms with Gasteiger partial charge in [0.2, 0.25) is 5.88 Å². The lowest BCUT2D eigenvalue weighted by Crippen LogP contribution is -2.36. The summed E-state index contributed by atoms with van der Waals surface area (Å²) in [5, 5.41) is 12.2. The van der Waals surface area contributed by atoms with Crippen molar-refractivity contribution in [1.29, 1.82) is 0 Å². The van der Waals surface area contributed by atoms with E-state index in [1.165, 1.54) is 19.5 Å². The molecule has 0 amide bonds. The van der Waals surface area contributed by atoms with Gasteiger partial charge in [0.05, 0.1) is 37.2 Å². The van der Waals surface area contributed by atoms with E-state index in [2.05, 4.69) is 30.2 Å². The van der Waals surface area contributed by atoms with Crippen molar-refractivity contribution in [3.05, 3.63) is 76.3 Å². The Kier molecular flexibility index (Phi) is 6.27. The Balaban J connectivity index is 1.62. The van der Waals surface area contributed by atoms with Crippen molar-refractivity contribution in [2.24, 2.45) is 5.18 Å². The number of aromatic nitrogens is 4. The normalized spacial score (nSPS) is 15.5. The zero-order valence-corrected chi connectivity index (χ0v) is 20.2. The van der Waals surface area contributed by atoms with Crippen LogP contribution in [0.4, 0.5) is 10.1 Å². The highest BCUT2D eigenvalue weighted by molar-refractivity contribution is 5.94. The number of nitrogens with zero attached hydrogens (tertiary/aromatic N) is 6. The van der Waals surface area contributed by atoms with E-state index in [1.807, 2.05) is 18.2 Å². The van der Waals surface area contributed by atoms with Gasteiger partial charge in [-0.15, -0.1) is 15.1 Å². The van der Waals surface area contributed by atoms with Gasteiger partial charge < -0.3 is 14.4 Å². The number of fused-ring (bicyclic) bond motifs is 1. The van der Waals surface area contributed by atoms with Crippen LogP contribution in [0.25, 0.3) is 22.2 Å². The fourth-order valence-electron chi connectivity index (χ4n) is 4.58. The third-order valence-corrected chi connectivity index (χ3v) is 6.62. The summed E-state index contributed by atoms with van der Waals surface area (Å²) < 4.78 is 25.9. The number of hydrogen-bond donors (Lipinski definition) is 0. The molecule has 3 heterocycles. The minimum Gasteiger partial charge on any atom is -0.480 e. The minimum atomic E-state index is -1.40. The molecule has 0 aliphatic carbocycles. The van der Waals surface area contributed by atoms with Crippen LogP contribution in [0.1, 0.15) is 23.7 Å². The van der Waals surface area contributed by atoms with Crippen LogP contribution in [0.15, 0.2) is 54.0 Å². The van der Waals surface area contributed by atoms with Crippen molar-refractivity contribution < 1.29 is 13.9 Å². The third kappa shape index (κ3) is 4.13. The number of rotatable bonds is 6. The monoisotopic (exact) mass is 488 g/mol. The first-order chi connectivity index (χ1) is 17.4. The fraction of sp³-hybridized carbons (Fsp3) is 0.308. The highest BCUT2D eigenvalue weighted by atomic mass is 19.1. The summed E-state index contributed by atoms with van der Waals surface area (Å²) in [6.45, 7) is 6.30. The molecule has 1 aliphatic rings. The van der Waals surface area contributed by atoms with E-state index < -0.39 is 11.4 Å². The van der Waals surface area contributed by atoms with E-state index in [0.717, 1.165) is 18.8 Å². The number of ether oxygens (including phenoxy) is 2. The standard InChI is InChI=1S/C26H25FN6O3/c1-16-12-21(27)19(14-20(16)26(2,32-34)23-6-7-24(35-3)31-30-23)25-18-5-4-17(13-22(18)28-15-29-25)33-8-10-36-11-9-33/h4-7,12-15H,8-11H2,1-3H3. The number of aryl methyl sites for hydroxylation is 1. The molecule has 184 valence electrons. The zero-order chi connectivity index (χ0) is 25.3. The Hall–Kier alpha value is -4.05. The highest BCUT2D eigenvalue weighted by Crippen LogP contribution is 2.39. The van der Waals surface area contributed by atoms with E-state index in [-0.39, 0.29) is 5.56 Å². The molecule has 4 aromatic rings. The molecule has 2 aromatic heterocycles. The predicted octanol–water partition coefficient (Wildman–Crippen LogP) is 4.41. The third-order valence-electron chi connectivity index (χ3n) is 6.62. The molecule has 36 heavy (non-hydrogen) atoms. The first-order valence-corrected chi connectivity index (χ1v) is 11.6. The van der Waals surface area contributed by atoms with Crippen molar-refractivity contribution in [3.8, 4) is 17.1 Å². The number of benzene rings is 2. The number of nitroso groups, excluding NO2 is 1. The van der Waals surface area contributed by atoms with Crippen LogP contribution in [-0.2, 0) is 10.3 Å². The zero-order valence-electron chi connectivity index (χ0n) is 20.2. The molecule has 1 atom stereocenters. The van der Waals surface area contributed by atoms with Crippen LogP contribution in [0.2, 0.25) is 0 Å². The second-order valence-electron chi connectivity index (χ2n) is 8.79. The van der Waals surface area contributed by atoms with Gasteiger partial charge in [0.25, 0.3) is 0 Å². The van der Waals surface area contributed by atoms with Crippen molar-refractivity contribution in [2.75, 3.05) is 38.3 Å². The molecule has 5 rings (SSSR count). The summed E-state index contributed by atoms with van der Waals surface area (Å²) in [6.07, 6.45) is 1.42. The number of hydrogen-bond acceptors (Lipinski definition) is 9. The van der Waals surface area contributed by atoms with Crippen molar-refractivity contribution in [3.63, 3.8) is 0 Å². The molecule has 2 aromatic carbocycles. The van der Waals surface area contributed by atoms with Gasteiger partial charge in [-0.2, -0.15) is 0 Å². The minimum absolute atomic E-state index is 0.249. The molecule has 1 aliphatic heterocycles. The molecular formula is C26H25FN6O3. The van der Waals surface area contributed by atoms with Gasteiger partial charge in [-0.25, -0.2) is 14.4 Å². The molecule has 1 unspecified atom stereocenters. The predicted molar refractivity (Wildman–Crippen MR) is 134 cm³/mol. The van der Waals surface area contributed by atoms with E-state index in [9.17, 15) is 4.91 Å². The molecule has 0 saturated carbocycles. The Morgan fingerprint density at radius 3 is 2.58 bits per heavy atom. The van der Waals surface area contributed by atoms with Gasteiger partial charge in [-0.1, -0.05) is 5.18 Å². The van der Waals surface area contributed by atoms with Gasteiger partial charge in [0.1, 0.15) is 12.1 Å². The molecule has 0 bridgehead atoms. The van der Waals surface area contributed by atoms with Crippen molar-refractivity contribution in [1.82, 2.24) is 20.2 Å². The van der Waals surface area contributed by atoms with Crippen LogP contribution in [0.5, 0.6) is 5.88 Å². The second-order valence-corrected chi connectivity index (χ2v) is 8.79. The smallest absolute Gasteiger partial charge is 0.233 e. The molecule has 9 nitrogen and oxygen atoms in total. The molecule has 1 fully saturated rings. The Morgan fingerprint density at radius 2 is 1.89 bits per heavy atom. The maximum Gasteiger partial charge on any atom is 0.233 e. The first kappa shape index (κ1) is 23.7. The Morgan fingerprint density at radius 1 is 1.08 bits per heavy atom. The average molecular weight is 489 g/mol. The maximum atomic E-state index is 15.4. The summed E-state index contributed by atoms with van der Waals surface area (Å²) >= 11 is 0. The molecular weight excluding hydrogens is 463 g/mol.